The number of nitrogen functional groups attached to an aromatic ring is 1. The molecule has 0 aliphatic carbocycles. The Morgan fingerprint density at radius 3 is 2.59 bits per heavy atom. The van der Waals surface area contributed by atoms with Gasteiger partial charge in [-0.3, -0.25) is 4.79 Å². The van der Waals surface area contributed by atoms with E-state index in [1.165, 1.54) is 25.0 Å². The van der Waals surface area contributed by atoms with Crippen molar-refractivity contribution < 1.29 is 19.1 Å². The number of nitrogens with one attached hydrogen (secondary N) is 1. The second kappa shape index (κ2) is 8.27. The molecule has 0 saturated heterocycles. The lowest BCUT2D eigenvalue weighted by Gasteiger charge is -2.14. The smallest absolute Gasteiger partial charge is 0.357 e. The first-order chi connectivity index (χ1) is 12.8. The van der Waals surface area contributed by atoms with Gasteiger partial charge in [-0.25, -0.2) is 4.79 Å². The molecule has 0 unspecified atom stereocenters. The Hall–Kier alpha value is -3.47. The molecule has 0 aliphatic rings. The van der Waals surface area contributed by atoms with Crippen LogP contribution in [0.15, 0.2) is 24.4 Å². The highest BCUT2D eigenvalue weighted by Gasteiger charge is 2.22. The fourth-order valence-electron chi connectivity index (χ4n) is 2.62. The number of ether oxygens (including phenoxy) is 2. The molecule has 0 fully saturated rings. The predicted molar refractivity (Wildman–Crippen MR) is 101 cm³/mol. The van der Waals surface area contributed by atoms with Gasteiger partial charge in [-0.15, -0.1) is 0 Å². The zero-order valence-corrected chi connectivity index (χ0v) is 15.7. The zero-order chi connectivity index (χ0) is 20.1. The molecule has 0 saturated carbocycles. The Morgan fingerprint density at radius 1 is 1.33 bits per heavy atom. The van der Waals surface area contributed by atoms with Gasteiger partial charge in [0.05, 0.1) is 31.2 Å². The average Bonchev–Trinajstić information content (AvgIpc) is 2.97. The predicted octanol–water partition coefficient (Wildman–Crippen LogP) is 2.71. The van der Waals surface area contributed by atoms with Crippen LogP contribution >= 0.6 is 0 Å². The molecule has 1 heterocycles. The summed E-state index contributed by atoms with van der Waals surface area (Å²) in [5, 5.41) is 12.0. The summed E-state index contributed by atoms with van der Waals surface area (Å²) in [6.07, 6.45) is 1.84. The van der Waals surface area contributed by atoms with Gasteiger partial charge < -0.3 is 25.1 Å². The molecule has 8 heteroatoms. The molecule has 3 N–H and O–H groups in total. The van der Waals surface area contributed by atoms with Crippen LogP contribution in [0.3, 0.4) is 0 Å². The van der Waals surface area contributed by atoms with E-state index in [0.717, 1.165) is 0 Å². The number of carbonyl (C=O) groups excluding carboxylic acids is 2. The van der Waals surface area contributed by atoms with Gasteiger partial charge in [0, 0.05) is 24.4 Å². The van der Waals surface area contributed by atoms with Crippen molar-refractivity contribution in [2.75, 3.05) is 25.3 Å². The summed E-state index contributed by atoms with van der Waals surface area (Å²) in [6.45, 7) is 3.91. The van der Waals surface area contributed by atoms with Gasteiger partial charge in [-0.05, 0) is 18.1 Å². The fourth-order valence-corrected chi connectivity index (χ4v) is 2.62. The molecule has 1 aromatic carbocycles. The van der Waals surface area contributed by atoms with Crippen LogP contribution < -0.4 is 15.8 Å². The summed E-state index contributed by atoms with van der Waals surface area (Å²) in [7, 11) is 2.71. The number of benzene rings is 1. The maximum atomic E-state index is 12.1. The van der Waals surface area contributed by atoms with E-state index in [-0.39, 0.29) is 28.8 Å². The Kier molecular flexibility index (Phi) is 6.08. The highest BCUT2D eigenvalue weighted by Crippen LogP contribution is 2.31. The van der Waals surface area contributed by atoms with Gasteiger partial charge in [-0.2, -0.15) is 5.26 Å². The number of esters is 1. The molecule has 0 bridgehead atoms. The Labute approximate surface area is 157 Å². The summed E-state index contributed by atoms with van der Waals surface area (Å²) < 4.78 is 11.6. The molecule has 0 aliphatic heterocycles. The van der Waals surface area contributed by atoms with Crippen LogP contribution in [0.25, 0.3) is 5.69 Å². The van der Waals surface area contributed by atoms with Gasteiger partial charge in [0.25, 0.3) is 0 Å². The zero-order valence-electron chi connectivity index (χ0n) is 15.7. The van der Waals surface area contributed by atoms with Gasteiger partial charge in [0.15, 0.2) is 5.69 Å². The van der Waals surface area contributed by atoms with E-state index in [1.807, 2.05) is 19.9 Å². The SMILES string of the molecule is COC(=O)c1c(N)c(C#N)cn1-c1ccc(NC(=O)CC(C)C)c(OC)c1. The van der Waals surface area contributed by atoms with E-state index in [1.54, 1.807) is 18.2 Å². The Bertz CT molecular complexity index is 909. The van der Waals surface area contributed by atoms with E-state index < -0.39 is 5.97 Å². The van der Waals surface area contributed by atoms with E-state index in [0.29, 0.717) is 23.5 Å². The third-order valence-electron chi connectivity index (χ3n) is 3.87. The van der Waals surface area contributed by atoms with Crippen molar-refractivity contribution in [1.82, 2.24) is 4.57 Å². The van der Waals surface area contributed by atoms with Crippen molar-refractivity contribution >= 4 is 23.3 Å². The molecule has 0 radical (unpaired) electrons. The number of carbonyl (C=O) groups is 2. The number of aromatic nitrogens is 1. The molecule has 0 spiro atoms. The van der Waals surface area contributed by atoms with Gasteiger partial charge in [0.1, 0.15) is 11.8 Å². The third-order valence-corrected chi connectivity index (χ3v) is 3.87. The number of hydrogen-bond acceptors (Lipinski definition) is 6. The third kappa shape index (κ3) is 4.20. The number of nitriles is 1. The van der Waals surface area contributed by atoms with Gasteiger partial charge in [-0.1, -0.05) is 13.8 Å². The topological polar surface area (TPSA) is 119 Å². The summed E-state index contributed by atoms with van der Waals surface area (Å²) in [4.78, 5) is 24.1. The van der Waals surface area contributed by atoms with E-state index in [9.17, 15) is 14.9 Å². The first-order valence-corrected chi connectivity index (χ1v) is 8.29. The Morgan fingerprint density at radius 2 is 2.04 bits per heavy atom. The lowest BCUT2D eigenvalue weighted by molar-refractivity contribution is -0.116. The first-order valence-electron chi connectivity index (χ1n) is 8.29. The summed E-state index contributed by atoms with van der Waals surface area (Å²) in [6, 6.07) is 6.93. The van der Waals surface area contributed by atoms with Crippen molar-refractivity contribution in [3.8, 4) is 17.5 Å². The van der Waals surface area contributed by atoms with Crippen LogP contribution in [0.4, 0.5) is 11.4 Å². The first kappa shape index (κ1) is 19.8. The minimum absolute atomic E-state index is 0.0395. The average molecular weight is 370 g/mol. The second-order valence-electron chi connectivity index (χ2n) is 6.31. The van der Waals surface area contributed by atoms with E-state index >= 15 is 0 Å². The summed E-state index contributed by atoms with van der Waals surface area (Å²) in [5.74, 6) is -0.151. The quantitative estimate of drug-likeness (QED) is 0.755. The molecule has 1 aromatic heterocycles. The molecule has 2 rings (SSSR count). The van der Waals surface area contributed by atoms with Crippen molar-refractivity contribution in [3.05, 3.63) is 35.7 Å². The maximum Gasteiger partial charge on any atom is 0.357 e. The number of nitrogens with zero attached hydrogens (tertiary/aromatic N) is 2. The highest BCUT2D eigenvalue weighted by atomic mass is 16.5. The van der Waals surface area contributed by atoms with Crippen LogP contribution in [0, 0.1) is 17.2 Å². The standard InChI is InChI=1S/C19H22N4O4/c1-11(2)7-16(24)22-14-6-5-13(8-15(14)26-3)23-10-12(9-20)17(21)18(23)19(25)27-4/h5-6,8,10-11H,7,21H2,1-4H3,(H,22,24). The lowest BCUT2D eigenvalue weighted by atomic mass is 10.1. The molecular formula is C19H22N4O4. The highest BCUT2D eigenvalue weighted by molar-refractivity contribution is 5.96. The normalized spacial score (nSPS) is 10.4. The molecule has 2 aromatic rings. The monoisotopic (exact) mass is 370 g/mol. The van der Waals surface area contributed by atoms with Crippen molar-refractivity contribution in [1.29, 1.82) is 5.26 Å². The minimum Gasteiger partial charge on any atom is -0.494 e. The molecule has 0 atom stereocenters. The molecular weight excluding hydrogens is 348 g/mol. The van der Waals surface area contributed by atoms with Crippen LogP contribution in [0.1, 0.15) is 36.3 Å². The minimum atomic E-state index is -0.665. The van der Waals surface area contributed by atoms with E-state index in [4.69, 9.17) is 15.2 Å². The van der Waals surface area contributed by atoms with Crippen molar-refractivity contribution in [2.24, 2.45) is 5.92 Å². The number of nitrogens with two attached hydrogens (primary N) is 1. The largest absolute Gasteiger partial charge is 0.494 e. The van der Waals surface area contributed by atoms with Crippen LogP contribution in [-0.4, -0.2) is 30.7 Å². The summed E-state index contributed by atoms with van der Waals surface area (Å²) in [5.41, 5.74) is 7.19. The number of methoxy groups -OCH3 is 2. The second-order valence-corrected chi connectivity index (χ2v) is 6.31. The lowest BCUT2D eigenvalue weighted by Crippen LogP contribution is -2.15. The van der Waals surface area contributed by atoms with Crippen molar-refractivity contribution in [2.45, 2.75) is 20.3 Å². The fraction of sp³-hybridized carbons (Fsp3) is 0.316. The molecule has 1 amide bonds. The van der Waals surface area contributed by atoms with Crippen LogP contribution in [0.5, 0.6) is 5.75 Å². The van der Waals surface area contributed by atoms with Crippen LogP contribution in [0.2, 0.25) is 0 Å². The molecule has 142 valence electrons. The molecule has 8 nitrogen and oxygen atoms in total. The number of rotatable bonds is 6. The van der Waals surface area contributed by atoms with Crippen LogP contribution in [-0.2, 0) is 9.53 Å². The van der Waals surface area contributed by atoms with Crippen molar-refractivity contribution in [3.63, 3.8) is 0 Å². The summed E-state index contributed by atoms with van der Waals surface area (Å²) >= 11 is 0. The number of amides is 1. The van der Waals surface area contributed by atoms with E-state index in [2.05, 4.69) is 5.32 Å². The number of hydrogen-bond donors (Lipinski definition) is 2. The molecule has 27 heavy (non-hydrogen) atoms. The van der Waals surface area contributed by atoms with Gasteiger partial charge >= 0.3 is 5.97 Å². The van der Waals surface area contributed by atoms with Gasteiger partial charge in [0.2, 0.25) is 5.91 Å². The Balaban J connectivity index is 2.48. The maximum absolute atomic E-state index is 12.1. The number of anilines is 2.